The van der Waals surface area contributed by atoms with Crippen molar-refractivity contribution < 1.29 is 27.5 Å². The van der Waals surface area contributed by atoms with Crippen LogP contribution in [0, 0.1) is 5.41 Å². The van der Waals surface area contributed by atoms with Crippen molar-refractivity contribution in [1.82, 2.24) is 20.6 Å². The quantitative estimate of drug-likeness (QED) is 0.121. The average Bonchev–Trinajstić information content (AvgIpc) is 3.28. The summed E-state index contributed by atoms with van der Waals surface area (Å²) in [6, 6.07) is 21.6. The van der Waals surface area contributed by atoms with E-state index in [1.807, 2.05) is 42.7 Å². The lowest BCUT2D eigenvalue weighted by molar-refractivity contribution is -0.130. The highest BCUT2D eigenvalue weighted by molar-refractivity contribution is 7.98. The molecule has 5 rings (SSSR count). The first-order chi connectivity index (χ1) is 26.0. The van der Waals surface area contributed by atoms with Gasteiger partial charge in [-0.2, -0.15) is 0 Å². The molecule has 0 spiro atoms. The van der Waals surface area contributed by atoms with Crippen LogP contribution >= 0.6 is 11.8 Å². The summed E-state index contributed by atoms with van der Waals surface area (Å²) in [6.45, 7) is 4.21. The van der Waals surface area contributed by atoms with E-state index >= 15 is 0 Å². The number of rotatable bonds is 16. The molecule has 1 aromatic heterocycles. The van der Waals surface area contributed by atoms with Crippen molar-refractivity contribution in [2.75, 3.05) is 48.0 Å². The Morgan fingerprint density at radius 2 is 1.70 bits per heavy atom. The number of anilines is 3. The van der Waals surface area contributed by atoms with E-state index < -0.39 is 45.7 Å². The lowest BCUT2D eigenvalue weighted by Crippen LogP contribution is -2.46. The summed E-state index contributed by atoms with van der Waals surface area (Å²) in [5.74, 6) is -0.794. The number of hydrogen-bond donors (Lipinski definition) is 3. The predicted molar refractivity (Wildman–Crippen MR) is 211 cm³/mol. The van der Waals surface area contributed by atoms with Gasteiger partial charge in [-0.05, 0) is 48.9 Å². The van der Waals surface area contributed by atoms with Crippen LogP contribution in [0.1, 0.15) is 51.1 Å². The average molecular weight is 774 g/mol. The number of amides is 4. The fraction of sp³-hybridized carbons (Fsp3) is 0.359. The zero-order valence-electron chi connectivity index (χ0n) is 30.7. The highest BCUT2D eigenvalue weighted by atomic mass is 32.2. The Morgan fingerprint density at radius 1 is 1.02 bits per heavy atom. The molecule has 15 heteroatoms. The topological polar surface area (TPSA) is 177 Å². The number of fused-ring (bicyclic) bond motifs is 1. The summed E-state index contributed by atoms with van der Waals surface area (Å²) in [6.07, 6.45) is 8.15. The van der Waals surface area contributed by atoms with Crippen LogP contribution in [0.3, 0.4) is 0 Å². The van der Waals surface area contributed by atoms with Crippen molar-refractivity contribution >= 4 is 56.8 Å². The smallest absolute Gasteiger partial charge is 0.321 e. The minimum atomic E-state index is -3.78. The van der Waals surface area contributed by atoms with Gasteiger partial charge in [0.05, 0.1) is 21.2 Å². The Bertz CT molecular complexity index is 2010. The van der Waals surface area contributed by atoms with Gasteiger partial charge in [-0.1, -0.05) is 75.2 Å². The molecule has 54 heavy (non-hydrogen) atoms. The number of para-hydroxylation sites is 1. The van der Waals surface area contributed by atoms with Crippen molar-refractivity contribution in [3.05, 3.63) is 96.8 Å². The van der Waals surface area contributed by atoms with Gasteiger partial charge in [0, 0.05) is 49.2 Å². The van der Waals surface area contributed by atoms with Gasteiger partial charge in [-0.3, -0.25) is 14.5 Å². The molecule has 3 aromatic carbocycles. The molecule has 4 aromatic rings. The molecule has 1 aliphatic heterocycles. The summed E-state index contributed by atoms with van der Waals surface area (Å²) in [5.41, 5.74) is 7.04. The normalized spacial score (nSPS) is 16.7. The fourth-order valence-corrected chi connectivity index (χ4v) is 9.29. The Balaban J connectivity index is 1.37. The van der Waals surface area contributed by atoms with Gasteiger partial charge in [-0.15, -0.1) is 11.8 Å². The number of sulfone groups is 1. The van der Waals surface area contributed by atoms with Gasteiger partial charge < -0.3 is 26.0 Å². The Morgan fingerprint density at radius 3 is 2.33 bits per heavy atom. The maximum absolute atomic E-state index is 14.3. The number of benzene rings is 3. The maximum atomic E-state index is 14.3. The highest BCUT2D eigenvalue weighted by Crippen LogP contribution is 2.47. The molecule has 0 bridgehead atoms. The molecule has 0 aliphatic carbocycles. The molecule has 0 radical (unpaired) electrons. The van der Waals surface area contributed by atoms with E-state index in [2.05, 4.69) is 39.3 Å². The molecule has 1 unspecified atom stereocenters. The summed E-state index contributed by atoms with van der Waals surface area (Å²) in [7, 11) is -3.78. The van der Waals surface area contributed by atoms with E-state index in [1.54, 1.807) is 36.4 Å². The predicted octanol–water partition coefficient (Wildman–Crippen LogP) is 5.65. The number of thioether (sulfide) groups is 1. The minimum Gasteiger partial charge on any atom is -0.483 e. The third kappa shape index (κ3) is 9.68. The first-order valence-corrected chi connectivity index (χ1v) is 20.7. The lowest BCUT2D eigenvalue weighted by atomic mass is 9.81. The number of primary amides is 1. The number of nitrogens with one attached hydrogen (secondary N) is 2. The van der Waals surface area contributed by atoms with E-state index in [4.69, 9.17) is 10.5 Å². The zero-order chi connectivity index (χ0) is 38.7. The number of nitrogens with zero attached hydrogens (tertiary/aromatic N) is 4. The van der Waals surface area contributed by atoms with Crippen LogP contribution < -0.4 is 30.9 Å². The second kappa shape index (κ2) is 18.3. The number of unbranched alkanes of at least 4 members (excludes halogenated alkanes) is 1. The van der Waals surface area contributed by atoms with Crippen LogP contribution in [0.2, 0.25) is 0 Å². The molecule has 2 atom stereocenters. The number of nitrogens with two attached hydrogens (primary N) is 1. The van der Waals surface area contributed by atoms with Crippen LogP contribution in [0.15, 0.2) is 101 Å². The number of hydrogen-bond acceptors (Lipinski definition) is 10. The molecule has 2 heterocycles. The first-order valence-electron chi connectivity index (χ1n) is 17.9. The SMILES string of the molecule is CCCCC1(CC)CN(c2ccccc2)c2cc(SC)c(OCC(=O)N[C@@H](C(=O)NCCN(C(N)=O)c3ncccn3)c3ccccc3)cc2S(=O)(=O)C1. The number of carbonyl (C=O) groups is 3. The standard InChI is InChI=1S/C39H47N7O6S2/c1-4-6-18-39(5-2)26-46(29-16-11-8-12-17-29)30-23-32(53-3)31(24-33(30)54(50,51)27-39)52-25-34(47)44-35(28-14-9-7-10-15-28)36(48)41-21-22-45(37(40)49)38-42-19-13-20-43-38/h7-17,19-20,23-24,35H,4-6,18,21-22,25-27H2,1-3H3,(H2,40,49)(H,41,48)(H,44,47)/t35-,39?/m1/s1. The maximum Gasteiger partial charge on any atom is 0.321 e. The molecule has 0 fully saturated rings. The number of urea groups is 1. The Hall–Kier alpha value is -5.15. The molecular weight excluding hydrogens is 727 g/mol. The van der Waals surface area contributed by atoms with E-state index in [-0.39, 0.29) is 35.4 Å². The van der Waals surface area contributed by atoms with Gasteiger partial charge in [0.2, 0.25) is 11.9 Å². The summed E-state index contributed by atoms with van der Waals surface area (Å²) in [5, 5.41) is 5.50. The van der Waals surface area contributed by atoms with Crippen molar-refractivity contribution in [2.45, 2.75) is 55.4 Å². The second-order valence-corrected chi connectivity index (χ2v) is 15.9. The molecule has 0 saturated carbocycles. The van der Waals surface area contributed by atoms with Crippen molar-refractivity contribution in [3.63, 3.8) is 0 Å². The van der Waals surface area contributed by atoms with E-state index in [1.165, 1.54) is 30.2 Å². The third-order valence-corrected chi connectivity index (χ3v) is 12.2. The molecule has 1 aliphatic rings. The van der Waals surface area contributed by atoms with Crippen molar-refractivity contribution in [2.24, 2.45) is 11.1 Å². The van der Waals surface area contributed by atoms with Gasteiger partial charge in [-0.25, -0.2) is 23.2 Å². The molecule has 4 amide bonds. The number of aromatic nitrogens is 2. The van der Waals surface area contributed by atoms with Crippen LogP contribution in [0.5, 0.6) is 5.75 Å². The minimum absolute atomic E-state index is 0.00514. The Labute approximate surface area is 321 Å². The third-order valence-electron chi connectivity index (χ3n) is 9.49. The second-order valence-electron chi connectivity index (χ2n) is 13.1. The van der Waals surface area contributed by atoms with Crippen LogP contribution in [0.25, 0.3) is 0 Å². The van der Waals surface area contributed by atoms with Crippen molar-refractivity contribution in [1.29, 1.82) is 0 Å². The number of ether oxygens (including phenoxy) is 1. The van der Waals surface area contributed by atoms with Crippen molar-refractivity contribution in [3.8, 4) is 5.75 Å². The first kappa shape index (κ1) is 40.0. The Kier molecular flexibility index (Phi) is 13.5. The van der Waals surface area contributed by atoms with Gasteiger partial charge >= 0.3 is 6.03 Å². The van der Waals surface area contributed by atoms with E-state index in [9.17, 15) is 22.8 Å². The monoisotopic (exact) mass is 773 g/mol. The van der Waals surface area contributed by atoms with Crippen LogP contribution in [0.4, 0.5) is 22.1 Å². The summed E-state index contributed by atoms with van der Waals surface area (Å²) >= 11 is 1.38. The van der Waals surface area contributed by atoms with E-state index in [0.717, 1.165) is 29.8 Å². The van der Waals surface area contributed by atoms with E-state index in [0.29, 0.717) is 29.1 Å². The fourth-order valence-electron chi connectivity index (χ4n) is 6.57. The molecule has 0 saturated heterocycles. The van der Waals surface area contributed by atoms with Gasteiger partial charge in [0.15, 0.2) is 16.4 Å². The summed E-state index contributed by atoms with van der Waals surface area (Å²) in [4.78, 5) is 51.1. The van der Waals surface area contributed by atoms with Gasteiger partial charge in [0.1, 0.15) is 11.8 Å². The molecular formula is C39H47N7O6S2. The van der Waals surface area contributed by atoms with Crippen LogP contribution in [-0.4, -0.2) is 74.5 Å². The van der Waals surface area contributed by atoms with Gasteiger partial charge in [0.25, 0.3) is 5.91 Å². The molecule has 4 N–H and O–H groups in total. The lowest BCUT2D eigenvalue weighted by Gasteiger charge is -2.36. The number of carbonyl (C=O) groups excluding carboxylic acids is 3. The highest BCUT2D eigenvalue weighted by Gasteiger charge is 2.42. The van der Waals surface area contributed by atoms with Crippen LogP contribution in [-0.2, 0) is 19.4 Å². The zero-order valence-corrected chi connectivity index (χ0v) is 32.4. The largest absolute Gasteiger partial charge is 0.483 e. The summed E-state index contributed by atoms with van der Waals surface area (Å²) < 4.78 is 34.6. The molecule has 286 valence electrons. The molecule has 13 nitrogen and oxygen atoms in total.